The summed E-state index contributed by atoms with van der Waals surface area (Å²) < 4.78 is 15.4. The number of rotatable bonds is 6. The molecule has 0 atom stereocenters. The number of para-hydroxylation sites is 2. The molecule has 2 rings (SSSR count). The van der Waals surface area contributed by atoms with Crippen LogP contribution in [0.15, 0.2) is 48.5 Å². The van der Waals surface area contributed by atoms with E-state index in [-0.39, 0.29) is 17.9 Å². The zero-order valence-electron chi connectivity index (χ0n) is 13.8. The summed E-state index contributed by atoms with van der Waals surface area (Å²) in [4.78, 5) is 24.0. The van der Waals surface area contributed by atoms with Crippen LogP contribution in [-0.4, -0.2) is 18.7 Å². The monoisotopic (exact) mass is 328 g/mol. The van der Waals surface area contributed by atoms with Crippen molar-refractivity contribution in [1.29, 1.82) is 0 Å². The summed E-state index contributed by atoms with van der Waals surface area (Å²) >= 11 is 0. The molecule has 0 radical (unpaired) electrons. The van der Waals surface area contributed by atoms with E-state index in [4.69, 9.17) is 14.2 Å². The Balaban J connectivity index is 2.12. The molecule has 0 heterocycles. The molecule has 24 heavy (non-hydrogen) atoms. The van der Waals surface area contributed by atoms with Crippen LogP contribution in [0.2, 0.25) is 0 Å². The molecule has 5 nitrogen and oxygen atoms in total. The Labute approximate surface area is 141 Å². The van der Waals surface area contributed by atoms with Gasteiger partial charge in [0.25, 0.3) is 0 Å². The normalized spacial score (nSPS) is 10.1. The smallest absolute Gasteiger partial charge is 0.462 e. The zero-order valence-corrected chi connectivity index (χ0v) is 13.8. The van der Waals surface area contributed by atoms with Crippen molar-refractivity contribution in [3.05, 3.63) is 59.7 Å². The molecule has 0 aliphatic carbocycles. The molecule has 0 bridgehead atoms. The molecule has 0 unspecified atom stereocenters. The molecular weight excluding hydrogens is 308 g/mol. The van der Waals surface area contributed by atoms with Crippen molar-refractivity contribution < 1.29 is 23.8 Å². The third kappa shape index (κ3) is 4.59. The average Bonchev–Trinajstić information content (AvgIpc) is 2.57. The van der Waals surface area contributed by atoms with Crippen LogP contribution in [0, 0.1) is 0 Å². The molecule has 126 valence electrons. The van der Waals surface area contributed by atoms with E-state index >= 15 is 0 Å². The molecule has 0 aliphatic rings. The first-order chi connectivity index (χ1) is 11.7. The molecule has 2 aromatic carbocycles. The van der Waals surface area contributed by atoms with Crippen LogP contribution in [0.1, 0.15) is 36.2 Å². The molecule has 0 aliphatic heterocycles. The quantitative estimate of drug-likeness (QED) is 0.581. The van der Waals surface area contributed by atoms with E-state index in [1.165, 1.54) is 12.1 Å². The van der Waals surface area contributed by atoms with Gasteiger partial charge in [0, 0.05) is 0 Å². The van der Waals surface area contributed by atoms with Crippen molar-refractivity contribution >= 4 is 12.1 Å². The Morgan fingerprint density at radius 2 is 1.50 bits per heavy atom. The van der Waals surface area contributed by atoms with Crippen molar-refractivity contribution in [1.82, 2.24) is 0 Å². The second-order valence-corrected chi connectivity index (χ2v) is 5.03. The summed E-state index contributed by atoms with van der Waals surface area (Å²) in [7, 11) is 0. The Morgan fingerprint density at radius 1 is 0.875 bits per heavy atom. The minimum atomic E-state index is -0.893. The predicted molar refractivity (Wildman–Crippen MR) is 89.5 cm³/mol. The van der Waals surface area contributed by atoms with Crippen LogP contribution < -0.4 is 9.47 Å². The number of esters is 1. The fraction of sp³-hybridized carbons (Fsp3) is 0.263. The molecule has 0 spiro atoms. The zero-order chi connectivity index (χ0) is 17.4. The molecule has 0 amide bonds. The lowest BCUT2D eigenvalue weighted by atomic mass is 10.1. The third-order valence-electron chi connectivity index (χ3n) is 3.26. The Kier molecular flexibility index (Phi) is 6.37. The first-order valence-corrected chi connectivity index (χ1v) is 7.89. The first kappa shape index (κ1) is 17.5. The van der Waals surface area contributed by atoms with Gasteiger partial charge >= 0.3 is 12.1 Å². The molecule has 5 heteroatoms. The fourth-order valence-electron chi connectivity index (χ4n) is 2.21. The van der Waals surface area contributed by atoms with Crippen LogP contribution >= 0.6 is 0 Å². The predicted octanol–water partition coefficient (Wildman–Crippen LogP) is 4.39. The van der Waals surface area contributed by atoms with Gasteiger partial charge in [-0.3, -0.25) is 0 Å². The maximum Gasteiger partial charge on any atom is 0.519 e. The Morgan fingerprint density at radius 3 is 2.21 bits per heavy atom. The summed E-state index contributed by atoms with van der Waals surface area (Å²) in [6.45, 7) is 3.99. The van der Waals surface area contributed by atoms with Crippen LogP contribution in [-0.2, 0) is 11.2 Å². The van der Waals surface area contributed by atoms with Gasteiger partial charge in [-0.2, -0.15) is 0 Å². The Hall–Kier alpha value is -2.82. The second kappa shape index (κ2) is 8.72. The summed E-state index contributed by atoms with van der Waals surface area (Å²) in [6.07, 6.45) is 0.833. The fourth-order valence-corrected chi connectivity index (χ4v) is 2.21. The van der Waals surface area contributed by atoms with E-state index < -0.39 is 12.1 Å². The molecule has 0 fully saturated rings. The van der Waals surface area contributed by atoms with E-state index in [2.05, 4.69) is 0 Å². The van der Waals surface area contributed by atoms with Crippen molar-refractivity contribution in [2.45, 2.75) is 26.7 Å². The molecule has 0 saturated carbocycles. The molecule has 0 aromatic heterocycles. The summed E-state index contributed by atoms with van der Waals surface area (Å²) in [5, 5.41) is 0. The summed E-state index contributed by atoms with van der Waals surface area (Å²) in [5.74, 6) is 0.0131. The summed E-state index contributed by atoms with van der Waals surface area (Å²) in [5.41, 5.74) is 1.11. The number of hydrogen-bond acceptors (Lipinski definition) is 5. The van der Waals surface area contributed by atoms with Crippen LogP contribution in [0.25, 0.3) is 0 Å². The number of carbonyl (C=O) groups excluding carboxylic acids is 2. The highest BCUT2D eigenvalue weighted by Crippen LogP contribution is 2.23. The van der Waals surface area contributed by atoms with Gasteiger partial charge in [0.05, 0.1) is 6.61 Å². The number of hydrogen-bond donors (Lipinski definition) is 0. The van der Waals surface area contributed by atoms with E-state index in [9.17, 15) is 9.59 Å². The standard InChI is InChI=1S/C19H20O5/c1-3-9-14-10-5-7-12-16(14)23-19(21)24-17-13-8-6-11-15(17)18(20)22-4-2/h5-8,10-13H,3-4,9H2,1-2H3. The van der Waals surface area contributed by atoms with Gasteiger partial charge in [0.15, 0.2) is 0 Å². The van der Waals surface area contributed by atoms with Gasteiger partial charge in [-0.25, -0.2) is 9.59 Å². The van der Waals surface area contributed by atoms with E-state index in [0.717, 1.165) is 18.4 Å². The molecule has 0 N–H and O–H groups in total. The highest BCUT2D eigenvalue weighted by molar-refractivity contribution is 5.93. The van der Waals surface area contributed by atoms with Crippen molar-refractivity contribution in [2.75, 3.05) is 6.61 Å². The largest absolute Gasteiger partial charge is 0.519 e. The number of benzene rings is 2. The molecule has 2 aromatic rings. The first-order valence-electron chi connectivity index (χ1n) is 7.89. The highest BCUT2D eigenvalue weighted by Gasteiger charge is 2.17. The lowest BCUT2D eigenvalue weighted by Crippen LogP contribution is -2.17. The SMILES string of the molecule is CCCc1ccccc1OC(=O)Oc1ccccc1C(=O)OCC. The maximum absolute atomic E-state index is 12.1. The second-order valence-electron chi connectivity index (χ2n) is 5.03. The van der Waals surface area contributed by atoms with Gasteiger partial charge in [0.2, 0.25) is 0 Å². The highest BCUT2D eigenvalue weighted by atomic mass is 16.7. The number of aryl methyl sites for hydroxylation is 1. The molecule has 0 saturated heterocycles. The Bertz CT molecular complexity index is 708. The van der Waals surface area contributed by atoms with Crippen molar-refractivity contribution in [3.63, 3.8) is 0 Å². The van der Waals surface area contributed by atoms with Gasteiger partial charge in [-0.15, -0.1) is 0 Å². The maximum atomic E-state index is 12.1. The van der Waals surface area contributed by atoms with Crippen molar-refractivity contribution in [2.24, 2.45) is 0 Å². The van der Waals surface area contributed by atoms with Gasteiger partial charge in [-0.05, 0) is 37.1 Å². The third-order valence-corrected chi connectivity index (χ3v) is 3.26. The van der Waals surface area contributed by atoms with E-state index in [0.29, 0.717) is 5.75 Å². The van der Waals surface area contributed by atoms with Gasteiger partial charge in [-0.1, -0.05) is 43.7 Å². The lowest BCUT2D eigenvalue weighted by molar-refractivity contribution is 0.0522. The summed E-state index contributed by atoms with van der Waals surface area (Å²) in [6, 6.07) is 13.7. The number of carbonyl (C=O) groups is 2. The minimum absolute atomic E-state index is 0.105. The van der Waals surface area contributed by atoms with E-state index in [1.54, 1.807) is 31.2 Å². The van der Waals surface area contributed by atoms with Gasteiger partial charge in [0.1, 0.15) is 17.1 Å². The van der Waals surface area contributed by atoms with Gasteiger partial charge < -0.3 is 14.2 Å². The topological polar surface area (TPSA) is 61.8 Å². The minimum Gasteiger partial charge on any atom is -0.462 e. The average molecular weight is 328 g/mol. The van der Waals surface area contributed by atoms with Crippen LogP contribution in [0.5, 0.6) is 11.5 Å². The lowest BCUT2D eigenvalue weighted by Gasteiger charge is -2.11. The van der Waals surface area contributed by atoms with Crippen LogP contribution in [0.4, 0.5) is 4.79 Å². The molecular formula is C19H20O5. The number of ether oxygens (including phenoxy) is 3. The van der Waals surface area contributed by atoms with Crippen molar-refractivity contribution in [3.8, 4) is 11.5 Å². The van der Waals surface area contributed by atoms with Crippen LogP contribution in [0.3, 0.4) is 0 Å². The van der Waals surface area contributed by atoms with E-state index in [1.807, 2.05) is 19.1 Å².